The van der Waals surface area contributed by atoms with E-state index in [1.54, 1.807) is 13.4 Å². The first-order chi connectivity index (χ1) is 13.5. The molecule has 0 spiro atoms. The number of hydrogen-bond acceptors (Lipinski definition) is 4. The van der Waals surface area contributed by atoms with Crippen molar-refractivity contribution in [2.45, 2.75) is 12.7 Å². The van der Waals surface area contributed by atoms with Gasteiger partial charge in [0, 0.05) is 32.2 Å². The smallest absolute Gasteiger partial charge is 0.182 e. The van der Waals surface area contributed by atoms with Gasteiger partial charge < -0.3 is 19.5 Å². The molecule has 3 aromatic rings. The van der Waals surface area contributed by atoms with Crippen molar-refractivity contribution in [3.63, 3.8) is 0 Å². The summed E-state index contributed by atoms with van der Waals surface area (Å²) in [4.78, 5) is 6.48. The second kappa shape index (κ2) is 8.87. The second-order valence-corrected chi connectivity index (χ2v) is 6.84. The summed E-state index contributed by atoms with van der Waals surface area (Å²) >= 11 is 0. The van der Waals surface area contributed by atoms with Crippen LogP contribution in [0.4, 0.5) is 5.69 Å². The maximum atomic E-state index is 10.5. The van der Waals surface area contributed by atoms with Gasteiger partial charge in [0.15, 0.2) is 6.29 Å². The minimum absolute atomic E-state index is 0.655. The first kappa shape index (κ1) is 19.9. The number of aliphatic imine (C=N–C) groups is 1. The molecule has 0 bridgehead atoms. The molecule has 1 atom stereocenters. The lowest BCUT2D eigenvalue weighted by Gasteiger charge is -2.18. The molecule has 0 fully saturated rings. The van der Waals surface area contributed by atoms with E-state index < -0.39 is 6.29 Å². The van der Waals surface area contributed by atoms with Gasteiger partial charge in [-0.2, -0.15) is 0 Å². The van der Waals surface area contributed by atoms with Gasteiger partial charge in [0.2, 0.25) is 0 Å². The lowest BCUT2D eigenvalue weighted by Crippen LogP contribution is -2.08. The molecule has 1 N–H and O–H groups in total. The number of benzene rings is 3. The number of methoxy groups -OCH3 is 2. The zero-order valence-electron chi connectivity index (χ0n) is 16.7. The minimum atomic E-state index is -1.05. The fraction of sp³-hybridized carbons (Fsp3) is 0.261. The van der Waals surface area contributed by atoms with E-state index in [1.807, 2.05) is 55.4 Å². The summed E-state index contributed by atoms with van der Waals surface area (Å²) in [6.07, 6.45) is 1.41. The van der Waals surface area contributed by atoms with E-state index >= 15 is 0 Å². The molecule has 0 saturated carbocycles. The summed E-state index contributed by atoms with van der Waals surface area (Å²) in [7, 11) is 6.97. The Morgan fingerprint density at radius 2 is 1.71 bits per heavy atom. The monoisotopic (exact) mass is 378 g/mol. The molecule has 5 heteroatoms. The molecule has 0 saturated heterocycles. The summed E-state index contributed by atoms with van der Waals surface area (Å²) in [6, 6.07) is 18.1. The van der Waals surface area contributed by atoms with E-state index in [0.29, 0.717) is 5.56 Å². The quantitative estimate of drug-likeness (QED) is 0.378. The van der Waals surface area contributed by atoms with Crippen LogP contribution in [0, 0.1) is 0 Å². The van der Waals surface area contributed by atoms with Crippen molar-refractivity contribution in [2.75, 3.05) is 28.3 Å². The van der Waals surface area contributed by atoms with Crippen molar-refractivity contribution < 1.29 is 14.6 Å². The van der Waals surface area contributed by atoms with Crippen LogP contribution in [0.1, 0.15) is 23.0 Å². The van der Waals surface area contributed by atoms with E-state index in [-0.39, 0.29) is 0 Å². The molecular weight excluding hydrogens is 352 g/mol. The fourth-order valence-electron chi connectivity index (χ4n) is 3.20. The lowest BCUT2D eigenvalue weighted by atomic mass is 9.94. The third-order valence-corrected chi connectivity index (χ3v) is 4.59. The number of aliphatic hydroxyl groups excluding tert-OH is 1. The molecule has 3 aromatic carbocycles. The van der Waals surface area contributed by atoms with Gasteiger partial charge in [-0.05, 0) is 41.1 Å². The zero-order valence-corrected chi connectivity index (χ0v) is 16.7. The maximum absolute atomic E-state index is 10.5. The van der Waals surface area contributed by atoms with Crippen LogP contribution in [0.2, 0.25) is 0 Å². The van der Waals surface area contributed by atoms with Crippen LogP contribution in [-0.2, 0) is 11.2 Å². The largest absolute Gasteiger partial charge is 0.497 e. The van der Waals surface area contributed by atoms with Crippen LogP contribution >= 0.6 is 0 Å². The number of fused-ring (bicyclic) bond motifs is 1. The highest BCUT2D eigenvalue weighted by molar-refractivity contribution is 5.97. The van der Waals surface area contributed by atoms with Crippen molar-refractivity contribution in [1.29, 1.82) is 0 Å². The van der Waals surface area contributed by atoms with Crippen molar-refractivity contribution in [1.82, 2.24) is 4.90 Å². The number of hydrogen-bond donors (Lipinski definition) is 1. The molecule has 0 radical (unpaired) electrons. The van der Waals surface area contributed by atoms with Gasteiger partial charge in [-0.3, -0.25) is 0 Å². The predicted octanol–water partition coefficient (Wildman–Crippen LogP) is 4.30. The van der Waals surface area contributed by atoms with E-state index in [1.165, 1.54) is 7.11 Å². The molecule has 0 aliphatic carbocycles. The van der Waals surface area contributed by atoms with Gasteiger partial charge >= 0.3 is 0 Å². The average Bonchev–Trinajstić information content (AvgIpc) is 2.72. The van der Waals surface area contributed by atoms with Crippen molar-refractivity contribution in [3.8, 4) is 5.75 Å². The van der Waals surface area contributed by atoms with Gasteiger partial charge in [0.05, 0.1) is 19.1 Å². The Hall–Kier alpha value is -2.89. The Balaban J connectivity index is 2.15. The van der Waals surface area contributed by atoms with E-state index in [2.05, 4.69) is 23.2 Å². The molecule has 0 aromatic heterocycles. The summed E-state index contributed by atoms with van der Waals surface area (Å²) in [6.45, 7) is 0. The first-order valence-corrected chi connectivity index (χ1v) is 9.12. The van der Waals surface area contributed by atoms with Crippen molar-refractivity contribution in [3.05, 3.63) is 71.3 Å². The highest BCUT2D eigenvalue weighted by Gasteiger charge is 2.17. The summed E-state index contributed by atoms with van der Waals surface area (Å²) in [5, 5.41) is 12.6. The Bertz CT molecular complexity index is 965. The van der Waals surface area contributed by atoms with Crippen LogP contribution < -0.4 is 4.74 Å². The average molecular weight is 378 g/mol. The van der Waals surface area contributed by atoms with Crippen LogP contribution in [0.3, 0.4) is 0 Å². The molecule has 5 nitrogen and oxygen atoms in total. The lowest BCUT2D eigenvalue weighted by molar-refractivity contribution is -0.0764. The number of ether oxygens (including phenoxy) is 2. The van der Waals surface area contributed by atoms with Gasteiger partial charge in [-0.15, -0.1) is 0 Å². The fourth-order valence-corrected chi connectivity index (χ4v) is 3.20. The standard InChI is InChI=1S/C23H26N2O3/c1-25(2)15-24-22-20-8-6-5-7-19(20)17(14-21(22)23(26)28-4)13-16-9-11-18(27-3)12-10-16/h5-12,14-15,23,26H,13H2,1-4H3. The highest BCUT2D eigenvalue weighted by atomic mass is 16.6. The van der Waals surface area contributed by atoms with E-state index in [9.17, 15) is 5.11 Å². The van der Waals surface area contributed by atoms with Crippen LogP contribution in [0.15, 0.2) is 59.6 Å². The van der Waals surface area contributed by atoms with Crippen molar-refractivity contribution >= 4 is 22.8 Å². The van der Waals surface area contributed by atoms with Gasteiger partial charge in [-0.1, -0.05) is 36.4 Å². The molecular formula is C23H26N2O3. The summed E-state index contributed by atoms with van der Waals surface area (Å²) in [5.74, 6) is 0.831. The molecule has 0 amide bonds. The Labute approximate surface area is 165 Å². The Morgan fingerprint density at radius 1 is 1.04 bits per heavy atom. The summed E-state index contributed by atoms with van der Waals surface area (Å²) in [5.41, 5.74) is 3.64. The normalized spacial score (nSPS) is 12.5. The minimum Gasteiger partial charge on any atom is -0.497 e. The van der Waals surface area contributed by atoms with Gasteiger partial charge in [-0.25, -0.2) is 4.99 Å². The molecule has 0 aliphatic heterocycles. The number of aliphatic hydroxyl groups is 1. The first-order valence-electron chi connectivity index (χ1n) is 9.12. The van der Waals surface area contributed by atoms with Crippen LogP contribution in [0.5, 0.6) is 5.75 Å². The van der Waals surface area contributed by atoms with Crippen LogP contribution in [-0.4, -0.2) is 44.7 Å². The van der Waals surface area contributed by atoms with Gasteiger partial charge in [0.25, 0.3) is 0 Å². The summed E-state index contributed by atoms with van der Waals surface area (Å²) < 4.78 is 10.5. The topological polar surface area (TPSA) is 54.3 Å². The van der Waals surface area contributed by atoms with Crippen molar-refractivity contribution in [2.24, 2.45) is 4.99 Å². The number of rotatable bonds is 7. The molecule has 1 unspecified atom stereocenters. The Morgan fingerprint density at radius 3 is 2.32 bits per heavy atom. The molecule has 3 rings (SSSR count). The third kappa shape index (κ3) is 4.32. The van der Waals surface area contributed by atoms with E-state index in [4.69, 9.17) is 9.47 Å². The third-order valence-electron chi connectivity index (χ3n) is 4.59. The Kier molecular flexibility index (Phi) is 6.29. The highest BCUT2D eigenvalue weighted by Crippen LogP contribution is 2.37. The van der Waals surface area contributed by atoms with Crippen LogP contribution in [0.25, 0.3) is 10.8 Å². The predicted molar refractivity (Wildman–Crippen MR) is 114 cm³/mol. The molecule has 28 heavy (non-hydrogen) atoms. The molecule has 146 valence electrons. The molecule has 0 aliphatic rings. The zero-order chi connectivity index (χ0) is 20.1. The SMILES string of the molecule is COc1ccc(Cc2cc(C(O)OC)c(N=CN(C)C)c3ccccc23)cc1. The molecule has 0 heterocycles. The van der Waals surface area contributed by atoms with E-state index in [0.717, 1.165) is 39.8 Å². The second-order valence-electron chi connectivity index (χ2n) is 6.84. The van der Waals surface area contributed by atoms with Gasteiger partial charge in [0.1, 0.15) is 5.75 Å². The number of nitrogens with zero attached hydrogens (tertiary/aromatic N) is 2. The maximum Gasteiger partial charge on any atom is 0.182 e.